The molecule has 0 spiro atoms. The number of nitrogens with one attached hydrogen (secondary N) is 1. The Bertz CT molecular complexity index is 1070. The molecule has 1 saturated heterocycles. The van der Waals surface area contributed by atoms with Gasteiger partial charge in [0, 0.05) is 32.2 Å². The van der Waals surface area contributed by atoms with Gasteiger partial charge in [0.2, 0.25) is 5.91 Å². The van der Waals surface area contributed by atoms with E-state index in [0.29, 0.717) is 34.9 Å². The summed E-state index contributed by atoms with van der Waals surface area (Å²) in [5.74, 6) is 0.699. The maximum absolute atomic E-state index is 13.7. The minimum Gasteiger partial charge on any atom is -0.497 e. The number of ether oxygens (including phenoxy) is 4. The number of nitrogens with zero attached hydrogens (tertiary/aromatic N) is 2. The van der Waals surface area contributed by atoms with Gasteiger partial charge in [-0.3, -0.25) is 14.5 Å². The molecule has 2 amide bonds. The van der Waals surface area contributed by atoms with Crippen molar-refractivity contribution in [1.29, 1.82) is 0 Å². The summed E-state index contributed by atoms with van der Waals surface area (Å²) in [7, 11) is 6.41. The summed E-state index contributed by atoms with van der Waals surface area (Å²) in [6.45, 7) is 4.77. The molecule has 9 nitrogen and oxygen atoms in total. The van der Waals surface area contributed by atoms with E-state index >= 15 is 0 Å². The lowest BCUT2D eigenvalue weighted by Gasteiger charge is -2.40. The molecule has 0 bridgehead atoms. The molecule has 0 radical (unpaired) electrons. The lowest BCUT2D eigenvalue weighted by atomic mass is 9.79. The number of hydrogen-bond donors (Lipinski definition) is 1. The van der Waals surface area contributed by atoms with E-state index in [-0.39, 0.29) is 11.8 Å². The van der Waals surface area contributed by atoms with Crippen LogP contribution in [-0.2, 0) is 9.53 Å². The van der Waals surface area contributed by atoms with Gasteiger partial charge >= 0.3 is 0 Å². The fourth-order valence-corrected chi connectivity index (χ4v) is 5.00. The summed E-state index contributed by atoms with van der Waals surface area (Å²) in [4.78, 5) is 31.2. The van der Waals surface area contributed by atoms with Crippen molar-refractivity contribution >= 4 is 11.8 Å². The van der Waals surface area contributed by atoms with E-state index in [1.807, 2.05) is 24.3 Å². The first-order chi connectivity index (χ1) is 17.5. The number of benzene rings is 2. The molecule has 2 aliphatic heterocycles. The Hall–Kier alpha value is -3.30. The van der Waals surface area contributed by atoms with Gasteiger partial charge in [-0.25, -0.2) is 0 Å². The Kier molecular flexibility index (Phi) is 8.32. The number of rotatable bonds is 9. The van der Waals surface area contributed by atoms with Crippen molar-refractivity contribution in [2.45, 2.75) is 18.4 Å². The molecular formula is C27H35N3O6. The molecule has 0 unspecified atom stereocenters. The van der Waals surface area contributed by atoms with Crippen molar-refractivity contribution < 1.29 is 28.5 Å². The van der Waals surface area contributed by atoms with Crippen LogP contribution in [0.5, 0.6) is 17.2 Å². The summed E-state index contributed by atoms with van der Waals surface area (Å²) in [6.07, 6.45) is 0.833. The van der Waals surface area contributed by atoms with E-state index in [1.165, 1.54) is 7.11 Å². The number of fused-ring (bicyclic) bond motifs is 1. The average molecular weight is 498 g/mol. The molecule has 2 aromatic rings. The fraction of sp³-hybridized carbons (Fsp3) is 0.481. The average Bonchev–Trinajstić information content (AvgIpc) is 2.92. The van der Waals surface area contributed by atoms with Gasteiger partial charge in [0.1, 0.15) is 5.75 Å². The Morgan fingerprint density at radius 3 is 2.33 bits per heavy atom. The van der Waals surface area contributed by atoms with Crippen molar-refractivity contribution in [2.75, 3.05) is 67.8 Å². The molecule has 36 heavy (non-hydrogen) atoms. The first kappa shape index (κ1) is 25.8. The minimum absolute atomic E-state index is 0.134. The third kappa shape index (κ3) is 5.27. The summed E-state index contributed by atoms with van der Waals surface area (Å²) in [6, 6.07) is 10.4. The third-order valence-corrected chi connectivity index (χ3v) is 6.97. The molecule has 2 heterocycles. The molecule has 9 heteroatoms. The van der Waals surface area contributed by atoms with Crippen molar-refractivity contribution in [1.82, 2.24) is 15.1 Å². The molecule has 194 valence electrons. The third-order valence-electron chi connectivity index (χ3n) is 6.97. The van der Waals surface area contributed by atoms with E-state index < -0.39 is 12.0 Å². The van der Waals surface area contributed by atoms with Crippen molar-refractivity contribution in [3.8, 4) is 17.2 Å². The number of morpholine rings is 1. The molecule has 2 aromatic carbocycles. The van der Waals surface area contributed by atoms with E-state index in [9.17, 15) is 9.59 Å². The van der Waals surface area contributed by atoms with Gasteiger partial charge in [-0.15, -0.1) is 0 Å². The van der Waals surface area contributed by atoms with Gasteiger partial charge in [-0.1, -0.05) is 12.1 Å². The SMILES string of the molecule is COc1ccc([C@@H]2[C@@H](C(=O)NCCCN3CCOCC3)c3cc(OC)c(OC)cc3C(=O)N2C)cc1. The zero-order valence-electron chi connectivity index (χ0n) is 21.4. The highest BCUT2D eigenvalue weighted by Gasteiger charge is 2.43. The van der Waals surface area contributed by atoms with Crippen LogP contribution in [0.3, 0.4) is 0 Å². The predicted octanol–water partition coefficient (Wildman–Crippen LogP) is 2.46. The molecule has 2 aliphatic rings. The molecule has 1 fully saturated rings. The Balaban J connectivity index is 1.64. The van der Waals surface area contributed by atoms with Gasteiger partial charge in [0.05, 0.1) is 46.5 Å². The molecule has 0 aliphatic carbocycles. The van der Waals surface area contributed by atoms with E-state index in [2.05, 4.69) is 10.2 Å². The summed E-state index contributed by atoms with van der Waals surface area (Å²) in [5, 5.41) is 3.13. The number of hydrogen-bond acceptors (Lipinski definition) is 7. The van der Waals surface area contributed by atoms with Gasteiger partial charge in [0.15, 0.2) is 11.5 Å². The highest BCUT2D eigenvalue weighted by molar-refractivity contribution is 6.02. The van der Waals surface area contributed by atoms with Crippen LogP contribution in [0.25, 0.3) is 0 Å². The first-order valence-corrected chi connectivity index (χ1v) is 12.2. The zero-order chi connectivity index (χ0) is 25.7. The largest absolute Gasteiger partial charge is 0.497 e. The van der Waals surface area contributed by atoms with E-state index in [1.54, 1.807) is 38.3 Å². The van der Waals surface area contributed by atoms with Gasteiger partial charge in [-0.05, 0) is 48.4 Å². The van der Waals surface area contributed by atoms with Crippen molar-refractivity contribution in [2.24, 2.45) is 0 Å². The Morgan fingerprint density at radius 1 is 1.03 bits per heavy atom. The van der Waals surface area contributed by atoms with Gasteiger partial charge in [-0.2, -0.15) is 0 Å². The van der Waals surface area contributed by atoms with Crippen LogP contribution in [0.4, 0.5) is 0 Å². The number of carbonyl (C=O) groups is 2. The summed E-state index contributed by atoms with van der Waals surface area (Å²) in [5.41, 5.74) is 1.91. The predicted molar refractivity (Wildman–Crippen MR) is 135 cm³/mol. The maximum Gasteiger partial charge on any atom is 0.254 e. The summed E-state index contributed by atoms with van der Waals surface area (Å²) < 4.78 is 21.7. The lowest BCUT2D eigenvalue weighted by Crippen LogP contribution is -2.46. The van der Waals surface area contributed by atoms with Crippen molar-refractivity contribution in [3.63, 3.8) is 0 Å². The highest BCUT2D eigenvalue weighted by Crippen LogP contribution is 2.45. The lowest BCUT2D eigenvalue weighted by molar-refractivity contribution is -0.124. The quantitative estimate of drug-likeness (QED) is 0.533. The summed E-state index contributed by atoms with van der Waals surface area (Å²) >= 11 is 0. The first-order valence-electron chi connectivity index (χ1n) is 12.2. The molecule has 0 saturated carbocycles. The smallest absolute Gasteiger partial charge is 0.254 e. The number of amides is 2. The fourth-order valence-electron chi connectivity index (χ4n) is 5.00. The molecule has 1 N–H and O–H groups in total. The Labute approximate surface area is 212 Å². The van der Waals surface area contributed by atoms with Crippen LogP contribution in [0.15, 0.2) is 36.4 Å². The molecule has 4 rings (SSSR count). The molecule has 2 atom stereocenters. The highest BCUT2D eigenvalue weighted by atomic mass is 16.5. The minimum atomic E-state index is -0.626. The van der Waals surface area contributed by atoms with E-state index in [0.717, 1.165) is 44.8 Å². The maximum atomic E-state index is 13.7. The molecule has 0 aromatic heterocycles. The number of carbonyl (C=O) groups excluding carboxylic acids is 2. The van der Waals surface area contributed by atoms with Crippen LogP contribution in [0, 0.1) is 0 Å². The van der Waals surface area contributed by atoms with E-state index in [4.69, 9.17) is 18.9 Å². The topological polar surface area (TPSA) is 89.6 Å². The van der Waals surface area contributed by atoms with Gasteiger partial charge < -0.3 is 29.2 Å². The van der Waals surface area contributed by atoms with Crippen LogP contribution >= 0.6 is 0 Å². The second-order valence-corrected chi connectivity index (χ2v) is 9.00. The van der Waals surface area contributed by atoms with Gasteiger partial charge in [0.25, 0.3) is 5.91 Å². The van der Waals surface area contributed by atoms with Crippen LogP contribution in [0.2, 0.25) is 0 Å². The van der Waals surface area contributed by atoms with Crippen LogP contribution in [0.1, 0.15) is 39.9 Å². The van der Waals surface area contributed by atoms with Crippen LogP contribution in [-0.4, -0.2) is 89.4 Å². The second kappa shape index (κ2) is 11.6. The monoisotopic (exact) mass is 497 g/mol. The van der Waals surface area contributed by atoms with Crippen LogP contribution < -0.4 is 19.5 Å². The zero-order valence-corrected chi connectivity index (χ0v) is 21.4. The Morgan fingerprint density at radius 2 is 1.69 bits per heavy atom. The molecular weight excluding hydrogens is 462 g/mol. The number of methoxy groups -OCH3 is 3. The normalized spacial score (nSPS) is 20.0. The standard InChI is InChI=1S/C27H35N3O6/c1-29-25(18-6-8-19(33-2)9-7-18)24(26(31)28-10-5-11-30-12-14-36-15-13-30)20-16-22(34-3)23(35-4)17-21(20)27(29)32/h6-9,16-17,24-25H,5,10-15H2,1-4H3,(H,28,31)/t24-,25+/m0/s1. The second-order valence-electron chi connectivity index (χ2n) is 9.00. The number of likely N-dealkylation sites (N-methyl/N-ethyl adjacent to an activating group) is 1. The van der Waals surface area contributed by atoms with Crippen molar-refractivity contribution in [3.05, 3.63) is 53.1 Å².